The van der Waals surface area contributed by atoms with Crippen molar-refractivity contribution >= 4 is 0 Å². The number of hydrogen-bond acceptors (Lipinski definition) is 1. The lowest BCUT2D eigenvalue weighted by Gasteiger charge is -2.20. The standard InChI is InChI=1S/C22H21N/c1-4-10-17(11-5-1)20-16-21(18-12-6-2-7-13-18)23-22(20)19-14-8-3-9-15-19/h1-15,20-23H,16H2/t20-,21+,22+/m1/s1. The maximum atomic E-state index is 3.87. The predicted molar refractivity (Wildman–Crippen MR) is 95.3 cm³/mol. The zero-order valence-corrected chi connectivity index (χ0v) is 13.1. The van der Waals surface area contributed by atoms with Crippen molar-refractivity contribution in [3.8, 4) is 0 Å². The smallest absolute Gasteiger partial charge is 0.0395 e. The summed E-state index contributed by atoms with van der Waals surface area (Å²) in [6.45, 7) is 0. The van der Waals surface area contributed by atoms with Crippen LogP contribution in [-0.4, -0.2) is 0 Å². The summed E-state index contributed by atoms with van der Waals surface area (Å²) in [5.74, 6) is 0.504. The van der Waals surface area contributed by atoms with Crippen LogP contribution in [-0.2, 0) is 0 Å². The number of hydrogen-bond donors (Lipinski definition) is 1. The summed E-state index contributed by atoms with van der Waals surface area (Å²) in [4.78, 5) is 0. The van der Waals surface area contributed by atoms with Crippen molar-refractivity contribution in [3.05, 3.63) is 108 Å². The van der Waals surface area contributed by atoms with Gasteiger partial charge < -0.3 is 5.32 Å². The average Bonchev–Trinajstić information content (AvgIpc) is 3.09. The summed E-state index contributed by atoms with van der Waals surface area (Å²) in [7, 11) is 0. The second kappa shape index (κ2) is 6.39. The van der Waals surface area contributed by atoms with E-state index < -0.39 is 0 Å². The number of nitrogens with one attached hydrogen (secondary N) is 1. The Balaban J connectivity index is 1.70. The molecular formula is C22H21N. The van der Waals surface area contributed by atoms with E-state index in [0.29, 0.717) is 18.0 Å². The lowest BCUT2D eigenvalue weighted by atomic mass is 9.86. The first-order chi connectivity index (χ1) is 11.4. The van der Waals surface area contributed by atoms with Gasteiger partial charge in [-0.3, -0.25) is 0 Å². The Labute approximate surface area is 138 Å². The molecule has 0 unspecified atom stereocenters. The van der Waals surface area contributed by atoms with E-state index in [-0.39, 0.29) is 0 Å². The zero-order valence-electron chi connectivity index (χ0n) is 13.1. The first-order valence-corrected chi connectivity index (χ1v) is 8.33. The summed E-state index contributed by atoms with van der Waals surface area (Å²) in [6, 6.07) is 33.3. The molecule has 4 rings (SSSR count). The van der Waals surface area contributed by atoms with Crippen molar-refractivity contribution in [2.45, 2.75) is 24.4 Å². The molecule has 23 heavy (non-hydrogen) atoms. The van der Waals surface area contributed by atoms with E-state index in [0.717, 1.165) is 6.42 Å². The van der Waals surface area contributed by atoms with Gasteiger partial charge in [-0.15, -0.1) is 0 Å². The highest BCUT2D eigenvalue weighted by atomic mass is 15.0. The van der Waals surface area contributed by atoms with E-state index in [1.54, 1.807) is 0 Å². The molecule has 0 saturated carbocycles. The van der Waals surface area contributed by atoms with Gasteiger partial charge in [0.2, 0.25) is 0 Å². The highest BCUT2D eigenvalue weighted by molar-refractivity contribution is 5.33. The lowest BCUT2D eigenvalue weighted by Crippen LogP contribution is -2.19. The minimum Gasteiger partial charge on any atom is -0.302 e. The van der Waals surface area contributed by atoms with Crippen LogP contribution in [0.1, 0.15) is 41.1 Å². The molecule has 0 aliphatic carbocycles. The molecule has 1 aliphatic heterocycles. The van der Waals surface area contributed by atoms with Crippen molar-refractivity contribution in [2.75, 3.05) is 0 Å². The van der Waals surface area contributed by atoms with Gasteiger partial charge in [0.15, 0.2) is 0 Å². The fourth-order valence-corrected chi connectivity index (χ4v) is 3.73. The van der Waals surface area contributed by atoms with Crippen molar-refractivity contribution in [3.63, 3.8) is 0 Å². The molecule has 0 aromatic heterocycles. The van der Waals surface area contributed by atoms with Gasteiger partial charge in [0.05, 0.1) is 0 Å². The van der Waals surface area contributed by atoms with Gasteiger partial charge in [0.25, 0.3) is 0 Å². The molecule has 1 heterocycles. The highest BCUT2D eigenvalue weighted by Crippen LogP contribution is 2.45. The molecule has 0 radical (unpaired) electrons. The third-order valence-electron chi connectivity index (χ3n) is 4.86. The summed E-state index contributed by atoms with van der Waals surface area (Å²) in [5.41, 5.74) is 4.18. The Morgan fingerprint density at radius 1 is 0.565 bits per heavy atom. The maximum Gasteiger partial charge on any atom is 0.0395 e. The maximum absolute atomic E-state index is 3.87. The molecular weight excluding hydrogens is 278 g/mol. The molecule has 0 bridgehead atoms. The summed E-state index contributed by atoms with van der Waals surface area (Å²) >= 11 is 0. The van der Waals surface area contributed by atoms with Crippen molar-refractivity contribution in [1.29, 1.82) is 0 Å². The lowest BCUT2D eigenvalue weighted by molar-refractivity contribution is 0.554. The van der Waals surface area contributed by atoms with Crippen LogP contribution in [0.3, 0.4) is 0 Å². The van der Waals surface area contributed by atoms with Crippen LogP contribution in [0, 0.1) is 0 Å². The molecule has 3 aromatic rings. The molecule has 1 nitrogen and oxygen atoms in total. The summed E-state index contributed by atoms with van der Waals surface area (Å²) < 4.78 is 0. The van der Waals surface area contributed by atoms with E-state index in [4.69, 9.17) is 0 Å². The summed E-state index contributed by atoms with van der Waals surface area (Å²) in [6.07, 6.45) is 1.13. The van der Waals surface area contributed by atoms with Crippen LogP contribution < -0.4 is 5.32 Å². The minimum absolute atomic E-state index is 0.365. The molecule has 1 N–H and O–H groups in total. The second-order valence-electron chi connectivity index (χ2n) is 6.27. The van der Waals surface area contributed by atoms with E-state index in [1.807, 2.05) is 0 Å². The normalized spacial score (nSPS) is 23.7. The zero-order chi connectivity index (χ0) is 15.5. The van der Waals surface area contributed by atoms with Crippen LogP contribution in [0.4, 0.5) is 0 Å². The van der Waals surface area contributed by atoms with Gasteiger partial charge in [-0.2, -0.15) is 0 Å². The Kier molecular flexibility index (Phi) is 3.95. The Morgan fingerprint density at radius 3 is 1.61 bits per heavy atom. The molecule has 1 aliphatic rings. The predicted octanol–water partition coefficient (Wildman–Crippen LogP) is 5.25. The molecule has 1 fully saturated rings. The van der Waals surface area contributed by atoms with Crippen LogP contribution in [0.5, 0.6) is 0 Å². The number of benzene rings is 3. The van der Waals surface area contributed by atoms with Gasteiger partial charge in [-0.05, 0) is 23.1 Å². The molecule has 0 spiro atoms. The van der Waals surface area contributed by atoms with Crippen LogP contribution in [0.15, 0.2) is 91.0 Å². The fourth-order valence-electron chi connectivity index (χ4n) is 3.73. The average molecular weight is 299 g/mol. The molecule has 1 saturated heterocycles. The van der Waals surface area contributed by atoms with Crippen molar-refractivity contribution in [2.24, 2.45) is 0 Å². The summed E-state index contributed by atoms with van der Waals surface area (Å²) in [5, 5.41) is 3.87. The van der Waals surface area contributed by atoms with Crippen LogP contribution >= 0.6 is 0 Å². The molecule has 1 heteroatoms. The fraction of sp³-hybridized carbons (Fsp3) is 0.182. The Morgan fingerprint density at radius 2 is 1.04 bits per heavy atom. The SMILES string of the molecule is c1ccc([C@@H]2C[C@H](c3ccccc3)[C@H](c3ccccc3)N2)cc1. The highest BCUT2D eigenvalue weighted by Gasteiger charge is 2.35. The first-order valence-electron chi connectivity index (χ1n) is 8.33. The van der Waals surface area contributed by atoms with Gasteiger partial charge in [-0.1, -0.05) is 91.0 Å². The van der Waals surface area contributed by atoms with Gasteiger partial charge in [-0.25, -0.2) is 0 Å². The molecule has 114 valence electrons. The van der Waals surface area contributed by atoms with Gasteiger partial charge in [0.1, 0.15) is 0 Å². The third-order valence-corrected chi connectivity index (χ3v) is 4.86. The molecule has 3 atom stereocenters. The first kappa shape index (κ1) is 14.2. The third kappa shape index (κ3) is 2.93. The molecule has 3 aromatic carbocycles. The van der Waals surface area contributed by atoms with Gasteiger partial charge >= 0.3 is 0 Å². The van der Waals surface area contributed by atoms with Gasteiger partial charge in [0, 0.05) is 18.0 Å². The van der Waals surface area contributed by atoms with E-state index >= 15 is 0 Å². The Hall–Kier alpha value is -2.38. The van der Waals surface area contributed by atoms with E-state index in [1.165, 1.54) is 16.7 Å². The quantitative estimate of drug-likeness (QED) is 0.697. The van der Waals surface area contributed by atoms with E-state index in [2.05, 4.69) is 96.3 Å². The minimum atomic E-state index is 0.365. The van der Waals surface area contributed by atoms with Crippen molar-refractivity contribution in [1.82, 2.24) is 5.32 Å². The Bertz CT molecular complexity index is 689. The van der Waals surface area contributed by atoms with Crippen LogP contribution in [0.2, 0.25) is 0 Å². The number of rotatable bonds is 3. The van der Waals surface area contributed by atoms with E-state index in [9.17, 15) is 0 Å². The van der Waals surface area contributed by atoms with Crippen LogP contribution in [0.25, 0.3) is 0 Å². The molecule has 0 amide bonds. The van der Waals surface area contributed by atoms with Crippen molar-refractivity contribution < 1.29 is 0 Å². The second-order valence-corrected chi connectivity index (χ2v) is 6.27. The monoisotopic (exact) mass is 299 g/mol. The topological polar surface area (TPSA) is 12.0 Å². The largest absolute Gasteiger partial charge is 0.302 e.